The zero-order valence-corrected chi connectivity index (χ0v) is 10.8. The maximum atomic E-state index is 11.3. The fourth-order valence-electron chi connectivity index (χ4n) is 2.22. The molecule has 1 atom stereocenters. The Hall–Kier alpha value is -1.40. The van der Waals surface area contributed by atoms with Crippen molar-refractivity contribution in [3.05, 3.63) is 29.3 Å². The third-order valence-corrected chi connectivity index (χ3v) is 4.08. The highest BCUT2D eigenvalue weighted by atomic mass is 32.2. The first-order chi connectivity index (χ1) is 8.38. The lowest BCUT2D eigenvalue weighted by molar-refractivity contribution is -0.122. The molecule has 0 bridgehead atoms. The molecule has 0 unspecified atom stereocenters. The molecule has 1 aliphatic rings. The molecule has 18 heavy (non-hydrogen) atoms. The Morgan fingerprint density at radius 1 is 1.39 bits per heavy atom. The second-order valence-electron chi connectivity index (χ2n) is 4.56. The molecule has 1 fully saturated rings. The van der Waals surface area contributed by atoms with Gasteiger partial charge in [-0.3, -0.25) is 9.35 Å². The number of amides is 1. The van der Waals surface area contributed by atoms with Crippen molar-refractivity contribution < 1.29 is 17.8 Å². The lowest BCUT2D eigenvalue weighted by atomic mass is 9.90. The number of nitrogens with one attached hydrogen (secondary N) is 1. The smallest absolute Gasteiger partial charge is 0.294 e. The van der Waals surface area contributed by atoms with Gasteiger partial charge in [0.25, 0.3) is 10.1 Å². The van der Waals surface area contributed by atoms with E-state index in [1.54, 1.807) is 12.1 Å². The van der Waals surface area contributed by atoms with Crippen LogP contribution in [0.3, 0.4) is 0 Å². The van der Waals surface area contributed by atoms with Gasteiger partial charge >= 0.3 is 0 Å². The monoisotopic (exact) mass is 269 g/mol. The summed E-state index contributed by atoms with van der Waals surface area (Å²) in [5, 5.41) is 2.71. The largest absolute Gasteiger partial charge is 0.355 e. The minimum atomic E-state index is -4.23. The molecule has 1 aliphatic heterocycles. The Kier molecular flexibility index (Phi) is 3.41. The summed E-state index contributed by atoms with van der Waals surface area (Å²) < 4.78 is 31.9. The van der Waals surface area contributed by atoms with E-state index in [-0.39, 0.29) is 16.7 Å². The van der Waals surface area contributed by atoms with E-state index in [2.05, 4.69) is 5.32 Å². The molecule has 0 spiro atoms. The number of carbonyl (C=O) groups excluding carboxylic acids is 1. The SMILES string of the molecule is Cc1ccc(S(=O)(=O)O)c([C@@H]2CCC(=O)NC2)c1. The molecule has 6 heteroatoms. The lowest BCUT2D eigenvalue weighted by Gasteiger charge is -2.24. The van der Waals surface area contributed by atoms with Crippen LogP contribution in [0.5, 0.6) is 0 Å². The van der Waals surface area contributed by atoms with Gasteiger partial charge in [-0.25, -0.2) is 0 Å². The fraction of sp³-hybridized carbons (Fsp3) is 0.417. The van der Waals surface area contributed by atoms with Crippen molar-refractivity contribution in [1.29, 1.82) is 0 Å². The molecule has 0 radical (unpaired) electrons. The Bertz CT molecular complexity index is 570. The first kappa shape index (κ1) is 13.0. The van der Waals surface area contributed by atoms with Crippen molar-refractivity contribution in [2.75, 3.05) is 6.54 Å². The number of piperidine rings is 1. The van der Waals surface area contributed by atoms with E-state index < -0.39 is 10.1 Å². The maximum Gasteiger partial charge on any atom is 0.294 e. The minimum absolute atomic E-state index is 0.0210. The zero-order valence-electron chi connectivity index (χ0n) is 10.0. The minimum Gasteiger partial charge on any atom is -0.355 e. The summed E-state index contributed by atoms with van der Waals surface area (Å²) in [5.74, 6) is -0.0909. The van der Waals surface area contributed by atoms with Gasteiger partial charge in [0.2, 0.25) is 5.91 Å². The van der Waals surface area contributed by atoms with Gasteiger partial charge in [0.1, 0.15) is 0 Å². The van der Waals surface area contributed by atoms with Gasteiger partial charge in [0.15, 0.2) is 0 Å². The standard InChI is InChI=1S/C12H15NO4S/c1-8-2-4-11(18(15,16)17)10(6-8)9-3-5-12(14)13-7-9/h2,4,6,9H,3,5,7H2,1H3,(H,13,14)(H,15,16,17)/t9-/m1/s1. The van der Waals surface area contributed by atoms with Crippen molar-refractivity contribution in [3.63, 3.8) is 0 Å². The summed E-state index contributed by atoms with van der Waals surface area (Å²) in [6, 6.07) is 4.82. The molecule has 1 aromatic rings. The van der Waals surface area contributed by atoms with E-state index in [1.807, 2.05) is 6.92 Å². The van der Waals surface area contributed by atoms with Crippen LogP contribution in [-0.4, -0.2) is 25.4 Å². The molecule has 1 amide bonds. The molecule has 2 rings (SSSR count). The molecule has 1 heterocycles. The summed E-state index contributed by atoms with van der Waals surface area (Å²) >= 11 is 0. The molecular formula is C12H15NO4S. The first-order valence-corrected chi connectivity index (χ1v) is 7.16. The van der Waals surface area contributed by atoms with Crippen LogP contribution in [0, 0.1) is 6.92 Å². The molecule has 98 valence electrons. The molecule has 2 N–H and O–H groups in total. The van der Waals surface area contributed by atoms with Crippen LogP contribution in [0.1, 0.15) is 29.9 Å². The second-order valence-corrected chi connectivity index (χ2v) is 5.95. The highest BCUT2D eigenvalue weighted by Crippen LogP contribution is 2.30. The number of rotatable bonds is 2. The maximum absolute atomic E-state index is 11.3. The van der Waals surface area contributed by atoms with Crippen molar-refractivity contribution in [1.82, 2.24) is 5.32 Å². The lowest BCUT2D eigenvalue weighted by Crippen LogP contribution is -2.34. The average molecular weight is 269 g/mol. The summed E-state index contributed by atoms with van der Waals surface area (Å²) in [7, 11) is -4.23. The molecule has 1 saturated heterocycles. The normalized spacial score (nSPS) is 20.6. The van der Waals surface area contributed by atoms with Crippen molar-refractivity contribution in [3.8, 4) is 0 Å². The van der Waals surface area contributed by atoms with Gasteiger partial charge < -0.3 is 5.32 Å². The van der Waals surface area contributed by atoms with Crippen LogP contribution in [0.25, 0.3) is 0 Å². The molecule has 0 aliphatic carbocycles. The van der Waals surface area contributed by atoms with E-state index in [4.69, 9.17) is 0 Å². The Labute approximate surface area is 106 Å². The summed E-state index contributed by atoms with van der Waals surface area (Å²) in [4.78, 5) is 11.0. The average Bonchev–Trinajstić information content (AvgIpc) is 2.28. The van der Waals surface area contributed by atoms with E-state index in [0.717, 1.165) is 5.56 Å². The summed E-state index contributed by atoms with van der Waals surface area (Å²) in [5.41, 5.74) is 1.51. The van der Waals surface area contributed by atoms with Gasteiger partial charge in [-0.1, -0.05) is 17.7 Å². The molecule has 0 saturated carbocycles. The number of hydrogen-bond acceptors (Lipinski definition) is 3. The van der Waals surface area contributed by atoms with Crippen LogP contribution < -0.4 is 5.32 Å². The van der Waals surface area contributed by atoms with Gasteiger partial charge in [-0.2, -0.15) is 8.42 Å². The van der Waals surface area contributed by atoms with Gasteiger partial charge in [0.05, 0.1) is 4.90 Å². The third kappa shape index (κ3) is 2.70. The molecule has 0 aromatic heterocycles. The van der Waals surface area contributed by atoms with Crippen molar-refractivity contribution in [2.24, 2.45) is 0 Å². The number of benzene rings is 1. The summed E-state index contributed by atoms with van der Waals surface area (Å²) in [6.45, 7) is 2.27. The van der Waals surface area contributed by atoms with Crippen LogP contribution >= 0.6 is 0 Å². The van der Waals surface area contributed by atoms with Gasteiger partial charge in [-0.05, 0) is 25.0 Å². The van der Waals surface area contributed by atoms with E-state index in [1.165, 1.54) is 6.07 Å². The number of carbonyl (C=O) groups is 1. The van der Waals surface area contributed by atoms with Crippen LogP contribution in [-0.2, 0) is 14.9 Å². The van der Waals surface area contributed by atoms with E-state index in [0.29, 0.717) is 24.9 Å². The van der Waals surface area contributed by atoms with Crippen LogP contribution in [0.15, 0.2) is 23.1 Å². The fourth-order valence-corrected chi connectivity index (χ4v) is 2.98. The Morgan fingerprint density at radius 3 is 2.67 bits per heavy atom. The number of hydrogen-bond donors (Lipinski definition) is 2. The highest BCUT2D eigenvalue weighted by Gasteiger charge is 2.25. The van der Waals surface area contributed by atoms with E-state index in [9.17, 15) is 17.8 Å². The Morgan fingerprint density at radius 2 is 2.11 bits per heavy atom. The van der Waals surface area contributed by atoms with Crippen LogP contribution in [0.4, 0.5) is 0 Å². The summed E-state index contributed by atoms with van der Waals surface area (Å²) in [6.07, 6.45) is 0.974. The predicted molar refractivity (Wildman–Crippen MR) is 66.0 cm³/mol. The predicted octanol–water partition coefficient (Wildman–Crippen LogP) is 1.24. The molecule has 1 aromatic carbocycles. The molecular weight excluding hydrogens is 254 g/mol. The van der Waals surface area contributed by atoms with Gasteiger partial charge in [0, 0.05) is 18.9 Å². The third-order valence-electron chi connectivity index (χ3n) is 3.15. The quantitative estimate of drug-likeness (QED) is 0.791. The van der Waals surface area contributed by atoms with E-state index >= 15 is 0 Å². The zero-order chi connectivity index (χ0) is 13.3. The topological polar surface area (TPSA) is 83.5 Å². The van der Waals surface area contributed by atoms with Crippen molar-refractivity contribution in [2.45, 2.75) is 30.6 Å². The van der Waals surface area contributed by atoms with Crippen molar-refractivity contribution >= 4 is 16.0 Å². The molecule has 5 nitrogen and oxygen atoms in total. The second kappa shape index (κ2) is 4.70. The van der Waals surface area contributed by atoms with Crippen LogP contribution in [0.2, 0.25) is 0 Å². The Balaban J connectivity index is 2.42. The highest BCUT2D eigenvalue weighted by molar-refractivity contribution is 7.85. The number of aryl methyl sites for hydroxylation is 1. The first-order valence-electron chi connectivity index (χ1n) is 5.72. The van der Waals surface area contributed by atoms with Gasteiger partial charge in [-0.15, -0.1) is 0 Å².